The van der Waals surface area contributed by atoms with Gasteiger partial charge in [-0.3, -0.25) is 9.59 Å². The highest BCUT2D eigenvalue weighted by molar-refractivity contribution is 6.00. The van der Waals surface area contributed by atoms with Crippen molar-refractivity contribution < 1.29 is 24.5 Å². The molecule has 3 aliphatic rings. The highest BCUT2D eigenvalue weighted by Gasteiger charge is 2.55. The molecule has 0 bridgehead atoms. The number of aliphatic hydroxyl groups is 1. The van der Waals surface area contributed by atoms with Gasteiger partial charge in [0.25, 0.3) is 0 Å². The lowest BCUT2D eigenvalue weighted by Crippen LogP contribution is -2.41. The van der Waals surface area contributed by atoms with Gasteiger partial charge in [-0.1, -0.05) is 26.3 Å². The van der Waals surface area contributed by atoms with Crippen LogP contribution in [0.3, 0.4) is 0 Å². The smallest absolute Gasteiger partial charge is 0.307 e. The zero-order valence-electron chi connectivity index (χ0n) is 16.5. The Kier molecular flexibility index (Phi) is 4.85. The third-order valence-corrected chi connectivity index (χ3v) is 7.65. The molecule has 1 saturated carbocycles. The van der Waals surface area contributed by atoms with Crippen molar-refractivity contribution >= 4 is 11.8 Å². The number of Topliss-reactive ketones (excluding diaryl/α,β-unsaturated/α-hetero) is 1. The van der Waals surface area contributed by atoms with E-state index in [9.17, 15) is 19.8 Å². The van der Waals surface area contributed by atoms with Crippen molar-refractivity contribution in [3.05, 3.63) is 11.1 Å². The van der Waals surface area contributed by atoms with Gasteiger partial charge in [-0.15, -0.1) is 0 Å². The summed E-state index contributed by atoms with van der Waals surface area (Å²) in [5.74, 6) is -0.437. The van der Waals surface area contributed by atoms with E-state index >= 15 is 0 Å². The van der Waals surface area contributed by atoms with Crippen LogP contribution < -0.4 is 0 Å². The highest BCUT2D eigenvalue weighted by Crippen LogP contribution is 2.58. The molecule has 6 atom stereocenters. The Morgan fingerprint density at radius 3 is 2.50 bits per heavy atom. The molecule has 0 amide bonds. The van der Waals surface area contributed by atoms with Crippen LogP contribution in [0.4, 0.5) is 0 Å². The molecule has 0 unspecified atom stereocenters. The number of ketones is 1. The van der Waals surface area contributed by atoms with Gasteiger partial charge in [-0.05, 0) is 50.4 Å². The monoisotopic (exact) mass is 364 g/mol. The second-order valence-electron chi connectivity index (χ2n) is 9.34. The van der Waals surface area contributed by atoms with Crippen molar-refractivity contribution in [1.82, 2.24) is 0 Å². The molecule has 146 valence electrons. The first-order chi connectivity index (χ1) is 12.0. The summed E-state index contributed by atoms with van der Waals surface area (Å²) in [6, 6.07) is 0. The maximum absolute atomic E-state index is 12.3. The number of carbonyl (C=O) groups excluding carboxylic acids is 1. The Morgan fingerprint density at radius 2 is 1.96 bits per heavy atom. The highest BCUT2D eigenvalue weighted by atomic mass is 16.5. The van der Waals surface area contributed by atoms with E-state index in [1.807, 2.05) is 20.8 Å². The van der Waals surface area contributed by atoms with E-state index in [1.165, 1.54) is 0 Å². The summed E-state index contributed by atoms with van der Waals surface area (Å²) in [7, 11) is 0. The first kappa shape index (κ1) is 19.6. The zero-order chi connectivity index (χ0) is 19.4. The van der Waals surface area contributed by atoms with Crippen LogP contribution in [0.1, 0.15) is 66.7 Å². The van der Waals surface area contributed by atoms with Gasteiger partial charge in [0.15, 0.2) is 5.78 Å². The molecular weight excluding hydrogens is 332 g/mol. The molecule has 26 heavy (non-hydrogen) atoms. The number of ether oxygens (including phenoxy) is 1. The number of aliphatic carboxylic acids is 1. The third-order valence-electron chi connectivity index (χ3n) is 7.65. The van der Waals surface area contributed by atoms with Crippen molar-refractivity contribution in [3.8, 4) is 0 Å². The summed E-state index contributed by atoms with van der Waals surface area (Å²) >= 11 is 0. The second-order valence-corrected chi connectivity index (χ2v) is 9.34. The van der Waals surface area contributed by atoms with Crippen LogP contribution in [0, 0.1) is 23.2 Å². The quantitative estimate of drug-likeness (QED) is 0.799. The van der Waals surface area contributed by atoms with Crippen molar-refractivity contribution in [3.63, 3.8) is 0 Å². The first-order valence-electron chi connectivity index (χ1n) is 9.82. The predicted octanol–water partition coefficient (Wildman–Crippen LogP) is 3.35. The Balaban J connectivity index is 1.90. The molecule has 2 N–H and O–H groups in total. The lowest BCUT2D eigenvalue weighted by molar-refractivity contribution is -0.137. The molecule has 0 aromatic carbocycles. The topological polar surface area (TPSA) is 83.8 Å². The molecule has 0 radical (unpaired) electrons. The largest absolute Gasteiger partial charge is 0.481 e. The Bertz CT molecular complexity index is 649. The average Bonchev–Trinajstić information content (AvgIpc) is 3.00. The molecule has 1 aliphatic heterocycles. The zero-order valence-corrected chi connectivity index (χ0v) is 16.5. The number of fused-ring (bicyclic) bond motifs is 1. The standard InChI is InChI=1S/C21H32O5/c1-11(19-18(25)12(2)20(3,4)26-19)14-6-7-15-13(10-17(23)24)16(22)8-9-21(14,15)5/h11-12,14,18-19,25H,6-10H2,1-5H3,(H,23,24)/t11-,12-,14+,18-,19+,21+/m0/s1. The minimum atomic E-state index is -0.938. The summed E-state index contributed by atoms with van der Waals surface area (Å²) in [4.78, 5) is 23.6. The van der Waals surface area contributed by atoms with Crippen molar-refractivity contribution in [1.29, 1.82) is 0 Å². The lowest BCUT2D eigenvalue weighted by atomic mass is 9.63. The van der Waals surface area contributed by atoms with E-state index in [2.05, 4.69) is 13.8 Å². The maximum atomic E-state index is 12.3. The molecule has 2 fully saturated rings. The van der Waals surface area contributed by atoms with Gasteiger partial charge in [0.05, 0.1) is 24.2 Å². The van der Waals surface area contributed by atoms with Crippen molar-refractivity contribution in [2.45, 2.75) is 84.5 Å². The maximum Gasteiger partial charge on any atom is 0.307 e. The first-order valence-corrected chi connectivity index (χ1v) is 9.82. The molecule has 3 rings (SSSR count). The van der Waals surface area contributed by atoms with Gasteiger partial charge in [0, 0.05) is 17.9 Å². The fraction of sp³-hybridized carbons (Fsp3) is 0.810. The van der Waals surface area contributed by atoms with Gasteiger partial charge in [0.2, 0.25) is 0 Å². The van der Waals surface area contributed by atoms with Crippen LogP contribution in [-0.2, 0) is 14.3 Å². The molecule has 1 saturated heterocycles. The number of carboxylic acid groups (broad SMARTS) is 1. The van der Waals surface area contributed by atoms with Gasteiger partial charge in [-0.25, -0.2) is 0 Å². The molecule has 2 aliphatic carbocycles. The van der Waals surface area contributed by atoms with Crippen LogP contribution in [0.25, 0.3) is 0 Å². The molecule has 5 nitrogen and oxygen atoms in total. The van der Waals surface area contributed by atoms with Gasteiger partial charge >= 0.3 is 5.97 Å². The Hall–Kier alpha value is -1.20. The van der Waals surface area contributed by atoms with Crippen LogP contribution in [0.2, 0.25) is 0 Å². The molecule has 5 heteroatoms. The van der Waals surface area contributed by atoms with E-state index in [4.69, 9.17) is 4.74 Å². The molecular formula is C21H32O5. The predicted molar refractivity (Wildman–Crippen MR) is 97.6 cm³/mol. The summed E-state index contributed by atoms with van der Waals surface area (Å²) in [6.07, 6.45) is 1.99. The van der Waals surface area contributed by atoms with Gasteiger partial charge in [-0.2, -0.15) is 0 Å². The van der Waals surface area contributed by atoms with Crippen LogP contribution in [0.15, 0.2) is 11.1 Å². The third kappa shape index (κ3) is 2.93. The number of hydrogen-bond donors (Lipinski definition) is 2. The number of carbonyl (C=O) groups is 2. The number of allylic oxidation sites excluding steroid dienone is 1. The number of aliphatic hydroxyl groups excluding tert-OH is 1. The minimum Gasteiger partial charge on any atom is -0.481 e. The summed E-state index contributed by atoms with van der Waals surface area (Å²) in [5.41, 5.74) is 1.06. The summed E-state index contributed by atoms with van der Waals surface area (Å²) in [5, 5.41) is 20.0. The number of hydrogen-bond acceptors (Lipinski definition) is 4. The van der Waals surface area contributed by atoms with Crippen LogP contribution in [-0.4, -0.2) is 39.8 Å². The normalized spacial score (nSPS) is 40.6. The second kappa shape index (κ2) is 6.45. The molecule has 0 spiro atoms. The van der Waals surface area contributed by atoms with E-state index in [1.54, 1.807) is 0 Å². The Labute approximate surface area is 155 Å². The molecule has 1 heterocycles. The number of carboxylic acids is 1. The SMILES string of the molecule is C[C@H]([C@H]1OC(C)(C)[C@@H](C)[C@@H]1O)[C@H]1CCC2=C(CC(=O)O)C(=O)CC[C@@]21C. The van der Waals surface area contributed by atoms with Crippen molar-refractivity contribution in [2.24, 2.45) is 23.2 Å². The molecule has 0 aromatic heterocycles. The minimum absolute atomic E-state index is 0.0000784. The number of rotatable bonds is 4. The van der Waals surface area contributed by atoms with Crippen LogP contribution >= 0.6 is 0 Å². The Morgan fingerprint density at radius 1 is 1.31 bits per heavy atom. The van der Waals surface area contributed by atoms with Gasteiger partial charge < -0.3 is 14.9 Å². The summed E-state index contributed by atoms with van der Waals surface area (Å²) < 4.78 is 6.26. The molecule has 0 aromatic rings. The van der Waals surface area contributed by atoms with E-state index in [0.717, 1.165) is 24.8 Å². The average molecular weight is 364 g/mol. The van der Waals surface area contributed by atoms with Crippen molar-refractivity contribution in [2.75, 3.05) is 0 Å². The van der Waals surface area contributed by atoms with E-state index in [-0.39, 0.29) is 47.1 Å². The lowest BCUT2D eigenvalue weighted by Gasteiger charge is -2.42. The fourth-order valence-corrected chi connectivity index (χ4v) is 5.72. The summed E-state index contributed by atoms with van der Waals surface area (Å²) in [6.45, 7) is 10.4. The fourth-order valence-electron chi connectivity index (χ4n) is 5.72. The van der Waals surface area contributed by atoms with E-state index in [0.29, 0.717) is 12.0 Å². The van der Waals surface area contributed by atoms with Crippen LogP contribution in [0.5, 0.6) is 0 Å². The van der Waals surface area contributed by atoms with E-state index < -0.39 is 12.1 Å². The van der Waals surface area contributed by atoms with Gasteiger partial charge in [0.1, 0.15) is 0 Å².